The molecule has 2 aromatic rings. The third kappa shape index (κ3) is 10.9. The second-order valence-corrected chi connectivity index (χ2v) is 8.10. The lowest BCUT2D eigenvalue weighted by atomic mass is 10.1. The summed E-state index contributed by atoms with van der Waals surface area (Å²) in [6.07, 6.45) is 4.29. The number of hydrogen-bond acceptors (Lipinski definition) is 4. The number of allylic oxidation sites excluding steroid dienone is 1. The number of aliphatic imine (C=N–C) groups is 3. The zero-order valence-electron chi connectivity index (χ0n) is 18.6. The van der Waals surface area contributed by atoms with Crippen LogP contribution in [0.5, 0.6) is 0 Å². The summed E-state index contributed by atoms with van der Waals surface area (Å²) >= 11 is 11.7. The highest BCUT2D eigenvalue weighted by molar-refractivity contribution is 6.31. The molecule has 1 unspecified atom stereocenters. The quantitative estimate of drug-likeness (QED) is 0.155. The molecule has 12 N–H and O–H groups in total. The molecule has 0 spiro atoms. The van der Waals surface area contributed by atoms with Crippen LogP contribution in [0.1, 0.15) is 25.7 Å². The molecule has 0 amide bonds. The third-order valence-corrected chi connectivity index (χ3v) is 4.83. The summed E-state index contributed by atoms with van der Waals surface area (Å²) in [7, 11) is 0. The van der Waals surface area contributed by atoms with Gasteiger partial charge < -0.3 is 39.3 Å². The third-order valence-electron chi connectivity index (χ3n) is 4.32. The SMILES string of the molecule is NC(=CCCCCC(N)N=C(N)N=C(N)Nc1ccc(Cl)cc1)N=C(N)Nc1ccc(Cl)cc1. The Morgan fingerprint density at radius 2 is 1.29 bits per heavy atom. The predicted octanol–water partition coefficient (Wildman–Crippen LogP) is 3.11. The summed E-state index contributed by atoms with van der Waals surface area (Å²) in [4.78, 5) is 12.3. The summed E-state index contributed by atoms with van der Waals surface area (Å²) in [5.41, 5.74) is 30.9. The van der Waals surface area contributed by atoms with Gasteiger partial charge in [0, 0.05) is 21.4 Å². The Morgan fingerprint density at radius 1 is 0.794 bits per heavy atom. The van der Waals surface area contributed by atoms with Crippen molar-refractivity contribution in [1.29, 1.82) is 0 Å². The van der Waals surface area contributed by atoms with E-state index in [9.17, 15) is 0 Å². The molecule has 0 aromatic heterocycles. The van der Waals surface area contributed by atoms with E-state index in [1.807, 2.05) is 0 Å². The van der Waals surface area contributed by atoms with Crippen LogP contribution in [-0.2, 0) is 0 Å². The van der Waals surface area contributed by atoms with Gasteiger partial charge in [0.2, 0.25) is 11.9 Å². The van der Waals surface area contributed by atoms with Crippen molar-refractivity contribution in [2.75, 3.05) is 10.6 Å². The summed E-state index contributed by atoms with van der Waals surface area (Å²) in [5, 5.41) is 7.09. The molecule has 0 radical (unpaired) electrons. The van der Waals surface area contributed by atoms with Crippen LogP contribution in [0.15, 0.2) is 75.4 Å². The van der Waals surface area contributed by atoms with Crippen LogP contribution in [0.3, 0.4) is 0 Å². The monoisotopic (exact) mass is 504 g/mol. The lowest BCUT2D eigenvalue weighted by Gasteiger charge is -2.08. The van der Waals surface area contributed by atoms with Gasteiger partial charge in [-0.05, 0) is 80.3 Å². The fourth-order valence-electron chi connectivity index (χ4n) is 2.74. The van der Waals surface area contributed by atoms with Crippen LogP contribution in [0.25, 0.3) is 0 Å². The Morgan fingerprint density at radius 3 is 1.82 bits per heavy atom. The zero-order chi connectivity index (χ0) is 24.9. The van der Waals surface area contributed by atoms with Crippen molar-refractivity contribution in [1.82, 2.24) is 0 Å². The first-order valence-corrected chi connectivity index (χ1v) is 11.2. The molecule has 0 saturated carbocycles. The topological polar surface area (TPSA) is 191 Å². The minimum atomic E-state index is -0.495. The first-order chi connectivity index (χ1) is 16.2. The van der Waals surface area contributed by atoms with Crippen molar-refractivity contribution in [3.63, 3.8) is 0 Å². The van der Waals surface area contributed by atoms with Gasteiger partial charge in [0.25, 0.3) is 0 Å². The molecule has 182 valence electrons. The first-order valence-electron chi connectivity index (χ1n) is 10.5. The van der Waals surface area contributed by atoms with E-state index >= 15 is 0 Å². The highest BCUT2D eigenvalue weighted by Crippen LogP contribution is 2.14. The maximum absolute atomic E-state index is 6.00. The number of nitrogens with two attached hydrogens (primary N) is 5. The summed E-state index contributed by atoms with van der Waals surface area (Å²) in [5.74, 6) is 0.604. The zero-order valence-corrected chi connectivity index (χ0v) is 20.1. The number of guanidine groups is 3. The number of anilines is 2. The largest absolute Gasteiger partial charge is 0.384 e. The molecule has 12 heteroatoms. The Hall–Kier alpha value is -3.47. The number of nitrogens with one attached hydrogen (secondary N) is 2. The average molecular weight is 505 g/mol. The van der Waals surface area contributed by atoms with Gasteiger partial charge in [-0.15, -0.1) is 0 Å². The van der Waals surface area contributed by atoms with Gasteiger partial charge in [-0.2, -0.15) is 9.98 Å². The number of benzene rings is 2. The van der Waals surface area contributed by atoms with Gasteiger partial charge in [-0.25, -0.2) is 4.99 Å². The second-order valence-electron chi connectivity index (χ2n) is 7.23. The number of halogens is 2. The van der Waals surface area contributed by atoms with Gasteiger partial charge in [-0.3, -0.25) is 0 Å². The molecule has 0 aliphatic carbocycles. The van der Waals surface area contributed by atoms with Gasteiger partial charge in [-0.1, -0.05) is 23.2 Å². The molecule has 0 aliphatic rings. The van der Waals surface area contributed by atoms with E-state index in [1.165, 1.54) is 0 Å². The average Bonchev–Trinajstić information content (AvgIpc) is 2.76. The lowest BCUT2D eigenvalue weighted by molar-refractivity contribution is 0.583. The van der Waals surface area contributed by atoms with Gasteiger partial charge in [0.05, 0.1) is 0 Å². The van der Waals surface area contributed by atoms with E-state index in [2.05, 4.69) is 25.6 Å². The van der Waals surface area contributed by atoms with E-state index < -0.39 is 6.17 Å². The summed E-state index contributed by atoms with van der Waals surface area (Å²) in [6, 6.07) is 14.1. The smallest absolute Gasteiger partial charge is 0.220 e. The number of rotatable bonds is 9. The van der Waals surface area contributed by atoms with E-state index in [4.69, 9.17) is 51.9 Å². The highest BCUT2D eigenvalue weighted by Gasteiger charge is 2.03. The molecular weight excluding hydrogens is 475 g/mol. The minimum Gasteiger partial charge on any atom is -0.384 e. The summed E-state index contributed by atoms with van der Waals surface area (Å²) < 4.78 is 0. The van der Waals surface area contributed by atoms with Crippen LogP contribution in [0.4, 0.5) is 11.4 Å². The van der Waals surface area contributed by atoms with E-state index in [0.29, 0.717) is 28.7 Å². The predicted molar refractivity (Wildman–Crippen MR) is 144 cm³/mol. The van der Waals surface area contributed by atoms with Crippen molar-refractivity contribution >= 4 is 52.5 Å². The number of nitrogens with zero attached hydrogens (tertiary/aromatic N) is 3. The van der Waals surface area contributed by atoms with Crippen LogP contribution in [-0.4, -0.2) is 24.0 Å². The van der Waals surface area contributed by atoms with Gasteiger partial charge in [0.15, 0.2) is 5.96 Å². The van der Waals surface area contributed by atoms with Crippen LogP contribution in [0, 0.1) is 0 Å². The van der Waals surface area contributed by atoms with Crippen LogP contribution < -0.4 is 39.3 Å². The maximum Gasteiger partial charge on any atom is 0.220 e. The van der Waals surface area contributed by atoms with Crippen molar-refractivity contribution in [2.24, 2.45) is 43.6 Å². The minimum absolute atomic E-state index is 0.00592. The Kier molecular flexibility index (Phi) is 11.0. The highest BCUT2D eigenvalue weighted by atomic mass is 35.5. The molecule has 0 bridgehead atoms. The Balaban J connectivity index is 1.71. The molecular formula is C22H30Cl2N10. The van der Waals surface area contributed by atoms with Crippen molar-refractivity contribution < 1.29 is 0 Å². The summed E-state index contributed by atoms with van der Waals surface area (Å²) in [6.45, 7) is 0. The number of hydrogen-bond donors (Lipinski definition) is 7. The second kappa shape index (κ2) is 13.9. The molecule has 10 nitrogen and oxygen atoms in total. The molecule has 0 fully saturated rings. The van der Waals surface area contributed by atoms with Gasteiger partial charge in [0.1, 0.15) is 12.0 Å². The normalized spacial score (nSPS) is 14.1. The number of unbranched alkanes of at least 4 members (excludes halogenated alkanes) is 2. The molecule has 0 heterocycles. The van der Waals surface area contributed by atoms with Crippen LogP contribution in [0.2, 0.25) is 10.0 Å². The fraction of sp³-hybridized carbons (Fsp3) is 0.227. The maximum atomic E-state index is 6.00. The van der Waals surface area contributed by atoms with Gasteiger partial charge >= 0.3 is 0 Å². The molecule has 0 aliphatic heterocycles. The molecule has 1 atom stereocenters. The molecule has 0 saturated heterocycles. The van der Waals surface area contributed by atoms with E-state index in [0.717, 1.165) is 24.2 Å². The van der Waals surface area contributed by atoms with Crippen molar-refractivity contribution in [2.45, 2.75) is 31.8 Å². The van der Waals surface area contributed by atoms with E-state index in [1.54, 1.807) is 54.6 Å². The Bertz CT molecular complexity index is 1030. The molecule has 34 heavy (non-hydrogen) atoms. The fourth-order valence-corrected chi connectivity index (χ4v) is 2.99. The first kappa shape index (κ1) is 26.8. The standard InChI is InChI=1S/C22H30Cl2N10/c23-14-6-10-16(11-7-14)30-20(27)32-18(25)4-2-1-3-5-19(26)33-22(29)34-21(28)31-17-12-8-15(24)9-13-17/h4,6-13,19H,1-3,5,25-26H2,(H3,27,30,32)(H5,28,29,31,33,34). The lowest BCUT2D eigenvalue weighted by Crippen LogP contribution is -2.28. The Labute approximate surface area is 209 Å². The van der Waals surface area contributed by atoms with Crippen molar-refractivity contribution in [3.8, 4) is 0 Å². The van der Waals surface area contributed by atoms with Crippen molar-refractivity contribution in [3.05, 3.63) is 70.5 Å². The van der Waals surface area contributed by atoms with Crippen LogP contribution >= 0.6 is 23.2 Å². The van der Waals surface area contributed by atoms with E-state index in [-0.39, 0.29) is 17.9 Å². The molecule has 2 aromatic carbocycles. The molecule has 2 rings (SSSR count).